The van der Waals surface area contributed by atoms with Gasteiger partial charge in [0.2, 0.25) is 10.0 Å². The van der Waals surface area contributed by atoms with Crippen molar-refractivity contribution in [2.24, 2.45) is 0 Å². The first-order chi connectivity index (χ1) is 10.8. The molecule has 0 amide bonds. The Morgan fingerprint density at radius 1 is 1.09 bits per heavy atom. The summed E-state index contributed by atoms with van der Waals surface area (Å²) in [6, 6.07) is 6.57. The summed E-state index contributed by atoms with van der Waals surface area (Å²) in [7, 11) is -6.74. The fourth-order valence-electron chi connectivity index (χ4n) is 3.23. The molecule has 0 bridgehead atoms. The molecular formula is C16H23NO4S2. The Bertz CT molecular complexity index is 765. The zero-order valence-electron chi connectivity index (χ0n) is 13.3. The van der Waals surface area contributed by atoms with Crippen molar-refractivity contribution in [3.63, 3.8) is 0 Å². The van der Waals surface area contributed by atoms with Crippen molar-refractivity contribution >= 4 is 19.9 Å². The highest BCUT2D eigenvalue weighted by Gasteiger charge is 2.46. The van der Waals surface area contributed by atoms with Crippen molar-refractivity contribution < 1.29 is 16.8 Å². The molecule has 2 fully saturated rings. The molecule has 1 aromatic carbocycles. The van der Waals surface area contributed by atoms with Crippen molar-refractivity contribution in [3.8, 4) is 0 Å². The van der Waals surface area contributed by atoms with Gasteiger partial charge in [-0.3, -0.25) is 0 Å². The first-order valence-corrected chi connectivity index (χ1v) is 11.4. The second-order valence-electron chi connectivity index (χ2n) is 6.52. The van der Waals surface area contributed by atoms with Crippen LogP contribution in [0.3, 0.4) is 0 Å². The molecule has 1 heterocycles. The number of aryl methyl sites for hydroxylation is 1. The largest absolute Gasteiger partial charge is 0.243 e. The van der Waals surface area contributed by atoms with Crippen LogP contribution in [0.2, 0.25) is 0 Å². The van der Waals surface area contributed by atoms with Crippen LogP contribution in [-0.2, 0) is 26.3 Å². The van der Waals surface area contributed by atoms with Gasteiger partial charge in [0, 0.05) is 12.1 Å². The van der Waals surface area contributed by atoms with E-state index in [0.29, 0.717) is 6.42 Å². The van der Waals surface area contributed by atoms with Crippen LogP contribution < -0.4 is 0 Å². The van der Waals surface area contributed by atoms with E-state index < -0.39 is 25.9 Å². The van der Waals surface area contributed by atoms with Crippen molar-refractivity contribution in [3.05, 3.63) is 29.8 Å². The highest BCUT2D eigenvalue weighted by Crippen LogP contribution is 2.36. The van der Waals surface area contributed by atoms with Gasteiger partial charge in [0.15, 0.2) is 9.84 Å². The lowest BCUT2D eigenvalue weighted by molar-refractivity contribution is 0.332. The predicted octanol–water partition coefficient (Wildman–Crippen LogP) is 1.98. The Morgan fingerprint density at radius 3 is 2.22 bits per heavy atom. The van der Waals surface area contributed by atoms with E-state index in [1.165, 1.54) is 4.31 Å². The van der Waals surface area contributed by atoms with Gasteiger partial charge in [-0.25, -0.2) is 16.8 Å². The second-order valence-corrected chi connectivity index (χ2v) is 10.6. The van der Waals surface area contributed by atoms with Gasteiger partial charge < -0.3 is 0 Å². The van der Waals surface area contributed by atoms with Crippen LogP contribution in [0.4, 0.5) is 0 Å². The molecule has 5 nitrogen and oxygen atoms in total. The molecule has 0 spiro atoms. The maximum atomic E-state index is 13.0. The number of hydrogen-bond donors (Lipinski definition) is 0. The van der Waals surface area contributed by atoms with E-state index >= 15 is 0 Å². The van der Waals surface area contributed by atoms with Crippen molar-refractivity contribution in [1.29, 1.82) is 0 Å². The summed E-state index contributed by atoms with van der Waals surface area (Å²) in [5.74, 6) is 0.0441. The Morgan fingerprint density at radius 2 is 1.74 bits per heavy atom. The summed E-state index contributed by atoms with van der Waals surface area (Å²) >= 11 is 0. The van der Waals surface area contributed by atoms with Gasteiger partial charge in [-0.05, 0) is 43.4 Å². The Labute approximate surface area is 138 Å². The van der Waals surface area contributed by atoms with Crippen molar-refractivity contribution in [2.75, 3.05) is 11.5 Å². The third-order valence-corrected chi connectivity index (χ3v) is 8.28. The van der Waals surface area contributed by atoms with Gasteiger partial charge in [-0.1, -0.05) is 25.5 Å². The molecule has 0 aromatic heterocycles. The lowest BCUT2D eigenvalue weighted by Gasteiger charge is -2.27. The van der Waals surface area contributed by atoms with E-state index in [0.717, 1.165) is 31.2 Å². The van der Waals surface area contributed by atoms with E-state index in [9.17, 15) is 16.8 Å². The molecule has 7 heteroatoms. The smallest absolute Gasteiger partial charge is 0.229 e. The third-order valence-electron chi connectivity index (χ3n) is 4.51. The summed E-state index contributed by atoms with van der Waals surface area (Å²) in [6.45, 7) is 2.08. The highest BCUT2D eigenvalue weighted by molar-refractivity contribution is 7.92. The fraction of sp³-hybridized carbons (Fsp3) is 0.625. The van der Waals surface area contributed by atoms with Crippen LogP contribution in [0.15, 0.2) is 29.2 Å². The molecule has 0 radical (unpaired) electrons. The quantitative estimate of drug-likeness (QED) is 0.780. The fourth-order valence-corrected chi connectivity index (χ4v) is 6.94. The van der Waals surface area contributed by atoms with E-state index in [-0.39, 0.29) is 22.4 Å². The van der Waals surface area contributed by atoms with Gasteiger partial charge >= 0.3 is 0 Å². The molecule has 128 valence electrons. The van der Waals surface area contributed by atoms with E-state index in [4.69, 9.17) is 0 Å². The number of hydrogen-bond acceptors (Lipinski definition) is 4. The Balaban J connectivity index is 1.89. The van der Waals surface area contributed by atoms with Crippen LogP contribution in [-0.4, -0.2) is 44.7 Å². The van der Waals surface area contributed by atoms with Crippen LogP contribution in [0.5, 0.6) is 0 Å². The molecule has 1 aliphatic heterocycles. The van der Waals surface area contributed by atoms with Gasteiger partial charge in [0.05, 0.1) is 16.4 Å². The van der Waals surface area contributed by atoms with Crippen LogP contribution in [0, 0.1) is 0 Å². The average Bonchev–Trinajstić information content (AvgIpc) is 3.24. The second kappa shape index (κ2) is 6.18. The summed E-state index contributed by atoms with van der Waals surface area (Å²) in [4.78, 5) is 0.272. The Hall–Kier alpha value is -0.920. The third kappa shape index (κ3) is 3.61. The molecule has 2 aliphatic rings. The summed E-state index contributed by atoms with van der Waals surface area (Å²) < 4.78 is 51.0. The zero-order chi connectivity index (χ0) is 16.7. The predicted molar refractivity (Wildman–Crippen MR) is 89.5 cm³/mol. The minimum absolute atomic E-state index is 0.0337. The van der Waals surface area contributed by atoms with Crippen LogP contribution in [0.1, 0.15) is 38.2 Å². The van der Waals surface area contributed by atoms with E-state index in [2.05, 4.69) is 6.92 Å². The average molecular weight is 357 g/mol. The number of benzene rings is 1. The molecule has 0 N–H and O–H groups in total. The van der Waals surface area contributed by atoms with Crippen molar-refractivity contribution in [1.82, 2.24) is 4.31 Å². The molecule has 3 rings (SSSR count). The maximum Gasteiger partial charge on any atom is 0.243 e. The summed E-state index contributed by atoms with van der Waals surface area (Å²) in [5.41, 5.74) is 1.12. The standard InChI is InChI=1S/C16H23NO4S2/c1-2-3-13-4-8-16(9-5-13)23(20,21)17(14-6-7-14)15-10-11-22(18,19)12-15/h4-5,8-9,14-15H,2-3,6-7,10-12H2,1H3. The lowest BCUT2D eigenvalue weighted by Crippen LogP contribution is -2.42. The molecular weight excluding hydrogens is 334 g/mol. The van der Waals surface area contributed by atoms with E-state index in [1.807, 2.05) is 12.1 Å². The summed E-state index contributed by atoms with van der Waals surface area (Å²) in [6.07, 6.45) is 3.99. The summed E-state index contributed by atoms with van der Waals surface area (Å²) in [5, 5.41) is 0. The number of sulfonamides is 1. The van der Waals surface area contributed by atoms with Crippen molar-refractivity contribution in [2.45, 2.75) is 56.0 Å². The van der Waals surface area contributed by atoms with Gasteiger partial charge in [0.1, 0.15) is 0 Å². The number of rotatable bonds is 6. The molecule has 23 heavy (non-hydrogen) atoms. The van der Waals surface area contributed by atoms with Crippen LogP contribution >= 0.6 is 0 Å². The maximum absolute atomic E-state index is 13.0. The minimum Gasteiger partial charge on any atom is -0.229 e. The monoisotopic (exact) mass is 357 g/mol. The van der Waals surface area contributed by atoms with Gasteiger partial charge in [-0.15, -0.1) is 0 Å². The minimum atomic E-state index is -3.63. The zero-order valence-corrected chi connectivity index (χ0v) is 14.9. The van der Waals surface area contributed by atoms with E-state index in [1.54, 1.807) is 12.1 Å². The first-order valence-electron chi connectivity index (χ1n) is 8.16. The van der Waals surface area contributed by atoms with Crippen LogP contribution in [0.25, 0.3) is 0 Å². The topological polar surface area (TPSA) is 71.5 Å². The molecule has 1 saturated carbocycles. The normalized spacial score (nSPS) is 24.2. The van der Waals surface area contributed by atoms with Gasteiger partial charge in [-0.2, -0.15) is 4.31 Å². The number of sulfone groups is 1. The Kier molecular flexibility index (Phi) is 4.55. The molecule has 1 aliphatic carbocycles. The van der Waals surface area contributed by atoms with Gasteiger partial charge in [0.25, 0.3) is 0 Å². The molecule has 1 unspecified atom stereocenters. The SMILES string of the molecule is CCCc1ccc(S(=O)(=O)N(C2CC2)C2CCS(=O)(=O)C2)cc1. The number of nitrogens with zero attached hydrogens (tertiary/aromatic N) is 1. The molecule has 1 saturated heterocycles. The highest BCUT2D eigenvalue weighted by atomic mass is 32.2. The molecule has 1 aromatic rings. The molecule has 1 atom stereocenters. The lowest BCUT2D eigenvalue weighted by atomic mass is 10.1. The first kappa shape index (κ1) is 16.9.